The van der Waals surface area contributed by atoms with Gasteiger partial charge in [0, 0.05) is 25.2 Å². The van der Waals surface area contributed by atoms with Crippen molar-refractivity contribution in [2.45, 2.75) is 38.0 Å². The average molecular weight is 552 g/mol. The maximum atomic E-state index is 13.8. The topological polar surface area (TPSA) is 95.9 Å². The normalized spacial score (nSPS) is 21.5. The first-order chi connectivity index (χ1) is 17.6. The fraction of sp³-hybridized carbons (Fsp3) is 0.417. The lowest BCUT2D eigenvalue weighted by molar-refractivity contribution is -0.137. The zero-order chi connectivity index (χ0) is 26.2. The Morgan fingerprint density at radius 3 is 2.73 bits per heavy atom. The fourth-order valence-corrected chi connectivity index (χ4v) is 5.55. The van der Waals surface area contributed by atoms with E-state index in [4.69, 9.17) is 4.74 Å². The molecule has 13 heteroatoms. The van der Waals surface area contributed by atoms with E-state index in [1.807, 2.05) is 7.05 Å². The van der Waals surface area contributed by atoms with Crippen LogP contribution in [0, 0.1) is 5.92 Å². The van der Waals surface area contributed by atoms with Gasteiger partial charge in [0.2, 0.25) is 5.91 Å². The van der Waals surface area contributed by atoms with Crippen molar-refractivity contribution in [1.29, 1.82) is 0 Å². The third kappa shape index (κ3) is 6.51. The lowest BCUT2D eigenvalue weighted by Gasteiger charge is -2.29. The molecule has 0 spiro atoms. The number of hydrogen-bond donors (Lipinski definition) is 2. The summed E-state index contributed by atoms with van der Waals surface area (Å²) < 4.78 is 47.4. The number of likely N-dealkylation sites (tertiary alicyclic amines) is 1. The first-order valence-electron chi connectivity index (χ1n) is 11.8. The largest absolute Gasteiger partial charge is 0.490 e. The molecule has 8 nitrogen and oxygen atoms in total. The molecule has 5 rings (SSSR count). The number of carbonyl (C=O) groups excluding carboxylic acids is 2. The number of alkyl halides is 3. The Balaban J connectivity index is 1.30. The second-order valence-corrected chi connectivity index (χ2v) is 11.2. The highest BCUT2D eigenvalue weighted by Gasteiger charge is 2.35. The van der Waals surface area contributed by atoms with Crippen LogP contribution in [0.4, 0.5) is 24.0 Å². The van der Waals surface area contributed by atoms with E-state index in [2.05, 4.69) is 25.5 Å². The van der Waals surface area contributed by atoms with E-state index in [0.717, 1.165) is 56.6 Å². The molecule has 3 heterocycles. The van der Waals surface area contributed by atoms with Crippen molar-refractivity contribution in [3.8, 4) is 5.75 Å². The van der Waals surface area contributed by atoms with Crippen LogP contribution in [0.25, 0.3) is 6.08 Å². The third-order valence-corrected chi connectivity index (χ3v) is 7.86. The number of aromatic nitrogens is 1. The van der Waals surface area contributed by atoms with Gasteiger partial charge in [0.1, 0.15) is 11.9 Å². The van der Waals surface area contributed by atoms with Crippen molar-refractivity contribution in [3.05, 3.63) is 39.7 Å². The number of nitrogens with one attached hydrogen (secondary N) is 2. The van der Waals surface area contributed by atoms with Crippen molar-refractivity contribution in [3.63, 3.8) is 0 Å². The quantitative estimate of drug-likeness (QED) is 0.497. The second kappa shape index (κ2) is 10.5. The van der Waals surface area contributed by atoms with E-state index in [1.165, 1.54) is 29.7 Å². The molecular formula is C24H24F3N5O3S2. The molecule has 1 aliphatic carbocycles. The number of piperidine rings is 1. The van der Waals surface area contributed by atoms with Crippen molar-refractivity contribution < 1.29 is 27.5 Å². The van der Waals surface area contributed by atoms with Gasteiger partial charge in [0.05, 0.1) is 21.0 Å². The number of hydrogen-bond acceptors (Lipinski definition) is 8. The highest BCUT2D eigenvalue weighted by molar-refractivity contribution is 8.18. The van der Waals surface area contributed by atoms with E-state index in [0.29, 0.717) is 10.0 Å². The van der Waals surface area contributed by atoms with E-state index in [1.54, 1.807) is 6.08 Å². The third-order valence-electron chi connectivity index (χ3n) is 6.09. The molecule has 37 heavy (non-hydrogen) atoms. The van der Waals surface area contributed by atoms with Gasteiger partial charge in [-0.25, -0.2) is 9.98 Å². The van der Waals surface area contributed by atoms with Crippen LogP contribution < -0.4 is 15.4 Å². The summed E-state index contributed by atoms with van der Waals surface area (Å²) in [5.41, 5.74) is -1.24. The SMILES string of the molecule is CN1CCC(Oc2ccc(N=C3NC(=O)C(=Cc4cnc(NC(=O)C5CC5)s4)S3)c(C(F)(F)F)c2)CC1. The molecule has 2 aliphatic heterocycles. The van der Waals surface area contributed by atoms with Crippen molar-refractivity contribution in [2.75, 3.05) is 25.5 Å². The molecule has 196 valence electrons. The molecule has 3 fully saturated rings. The Labute approximate surface area is 219 Å². The molecule has 0 atom stereocenters. The zero-order valence-corrected chi connectivity index (χ0v) is 21.4. The van der Waals surface area contributed by atoms with Crippen LogP contribution in [0.5, 0.6) is 5.75 Å². The van der Waals surface area contributed by atoms with Gasteiger partial charge >= 0.3 is 6.18 Å². The number of halogens is 3. The van der Waals surface area contributed by atoms with E-state index in [-0.39, 0.29) is 39.4 Å². The Bertz CT molecular complexity index is 1260. The predicted molar refractivity (Wildman–Crippen MR) is 137 cm³/mol. The number of rotatable bonds is 6. The minimum atomic E-state index is -4.65. The number of ether oxygens (including phenoxy) is 1. The summed E-state index contributed by atoms with van der Waals surface area (Å²) in [6.45, 7) is 1.65. The highest BCUT2D eigenvalue weighted by atomic mass is 32.2. The summed E-state index contributed by atoms with van der Waals surface area (Å²) in [5.74, 6) is -0.364. The Morgan fingerprint density at radius 1 is 1.27 bits per heavy atom. The number of amides is 2. The van der Waals surface area contributed by atoms with Crippen LogP contribution in [0.2, 0.25) is 0 Å². The summed E-state index contributed by atoms with van der Waals surface area (Å²) in [5, 5.41) is 5.73. The van der Waals surface area contributed by atoms with Crippen LogP contribution in [0.15, 0.2) is 34.3 Å². The van der Waals surface area contributed by atoms with Gasteiger partial charge in [0.25, 0.3) is 5.91 Å². The molecule has 3 aliphatic rings. The maximum Gasteiger partial charge on any atom is 0.418 e. The van der Waals surface area contributed by atoms with Crippen LogP contribution in [0.1, 0.15) is 36.1 Å². The summed E-state index contributed by atoms with van der Waals surface area (Å²) in [7, 11) is 2.00. The standard InChI is InChI=1S/C24H24F3N5O3S2/c1-32-8-6-14(7-9-32)35-15-4-5-18(17(10-15)24(25,26)27)29-23-31-21(34)19(37-23)11-16-12-28-22(36-16)30-20(33)13-2-3-13/h4-5,10-14H,2-3,6-9H2,1H3,(H,28,30,33)(H,29,31,34). The number of amidine groups is 1. The van der Waals surface area contributed by atoms with Crippen molar-refractivity contribution in [2.24, 2.45) is 10.9 Å². The smallest absolute Gasteiger partial charge is 0.418 e. The monoisotopic (exact) mass is 551 g/mol. The lowest BCUT2D eigenvalue weighted by atomic mass is 10.1. The van der Waals surface area contributed by atoms with Gasteiger partial charge in [-0.2, -0.15) is 13.2 Å². The lowest BCUT2D eigenvalue weighted by Crippen LogP contribution is -2.35. The second-order valence-electron chi connectivity index (χ2n) is 9.11. The molecular weight excluding hydrogens is 527 g/mol. The van der Waals surface area contributed by atoms with E-state index >= 15 is 0 Å². The molecule has 2 N–H and O–H groups in total. The van der Waals surface area contributed by atoms with Gasteiger partial charge in [-0.15, -0.1) is 0 Å². The van der Waals surface area contributed by atoms with Gasteiger partial charge in [-0.1, -0.05) is 11.3 Å². The summed E-state index contributed by atoms with van der Waals surface area (Å²) in [4.78, 5) is 35.6. The summed E-state index contributed by atoms with van der Waals surface area (Å²) in [6.07, 6.45) is 1.53. The molecule has 0 unspecified atom stereocenters. The molecule has 2 amide bonds. The van der Waals surface area contributed by atoms with Crippen LogP contribution in [0.3, 0.4) is 0 Å². The molecule has 0 bridgehead atoms. The number of anilines is 1. The van der Waals surface area contributed by atoms with Gasteiger partial charge < -0.3 is 20.3 Å². The van der Waals surface area contributed by atoms with Crippen molar-refractivity contribution >= 4 is 57.0 Å². The number of thiazole rings is 1. The molecule has 2 aromatic rings. The summed E-state index contributed by atoms with van der Waals surface area (Å²) in [6, 6.07) is 3.69. The first-order valence-corrected chi connectivity index (χ1v) is 13.4. The maximum absolute atomic E-state index is 13.8. The Kier molecular flexibility index (Phi) is 7.28. The molecule has 0 radical (unpaired) electrons. The van der Waals surface area contributed by atoms with Crippen LogP contribution in [-0.4, -0.2) is 53.1 Å². The van der Waals surface area contributed by atoms with Crippen LogP contribution in [-0.2, 0) is 15.8 Å². The zero-order valence-electron chi connectivity index (χ0n) is 19.8. The summed E-state index contributed by atoms with van der Waals surface area (Å²) >= 11 is 2.14. The van der Waals surface area contributed by atoms with E-state index < -0.39 is 17.6 Å². The first kappa shape index (κ1) is 25.7. The van der Waals surface area contributed by atoms with E-state index in [9.17, 15) is 22.8 Å². The number of benzene rings is 1. The minimum absolute atomic E-state index is 0.0390. The van der Waals surface area contributed by atoms with Gasteiger partial charge in [-0.3, -0.25) is 9.59 Å². The average Bonchev–Trinajstić information content (AvgIpc) is 3.52. The Morgan fingerprint density at radius 2 is 2.03 bits per heavy atom. The molecule has 1 saturated carbocycles. The number of nitrogens with zero attached hydrogens (tertiary/aromatic N) is 3. The highest BCUT2D eigenvalue weighted by Crippen LogP contribution is 2.40. The van der Waals surface area contributed by atoms with Crippen LogP contribution >= 0.6 is 23.1 Å². The van der Waals surface area contributed by atoms with Crippen molar-refractivity contribution in [1.82, 2.24) is 15.2 Å². The molecule has 1 aromatic carbocycles. The minimum Gasteiger partial charge on any atom is -0.490 e. The number of carbonyl (C=O) groups is 2. The van der Waals surface area contributed by atoms with Gasteiger partial charge in [-0.05, 0) is 68.8 Å². The Hall–Kier alpha value is -2.90. The molecule has 2 saturated heterocycles. The number of aliphatic imine (C=N–C) groups is 1. The molecule has 1 aromatic heterocycles. The van der Waals surface area contributed by atoms with Gasteiger partial charge in [0.15, 0.2) is 10.3 Å². The predicted octanol–water partition coefficient (Wildman–Crippen LogP) is 4.88. The number of thioether (sulfide) groups is 1. The fourth-order valence-electron chi connectivity index (χ4n) is 3.89.